The fraction of sp³-hybridized carbons (Fsp3) is 0.222. The predicted octanol–water partition coefficient (Wildman–Crippen LogP) is 8.30. The smallest absolute Gasteiger partial charge is 0.174 e. The number of thiocarbonyl (C=S) groups is 1. The summed E-state index contributed by atoms with van der Waals surface area (Å²) < 4.78 is 8.41. The molecule has 3 heterocycles. The zero-order valence-corrected chi connectivity index (χ0v) is 25.9. The van der Waals surface area contributed by atoms with Crippen LogP contribution in [0.2, 0.25) is 0 Å². The lowest BCUT2D eigenvalue weighted by Gasteiger charge is -2.28. The molecule has 2 unspecified atom stereocenters. The molecule has 7 heteroatoms. The van der Waals surface area contributed by atoms with Crippen molar-refractivity contribution in [3.63, 3.8) is 0 Å². The number of anilines is 2. The molecule has 2 aromatic heterocycles. The van der Waals surface area contributed by atoms with Crippen LogP contribution < -0.4 is 19.9 Å². The van der Waals surface area contributed by atoms with Gasteiger partial charge in [0.2, 0.25) is 0 Å². The number of hydrogen-bond donors (Lipinski definition) is 1. The minimum Gasteiger partial charge on any atom is -0.457 e. The Morgan fingerprint density at radius 1 is 0.814 bits per heavy atom. The highest BCUT2D eigenvalue weighted by Gasteiger charge is 2.42. The number of aromatic nitrogens is 2. The van der Waals surface area contributed by atoms with Crippen molar-refractivity contribution in [2.75, 3.05) is 22.9 Å². The molecule has 5 aromatic rings. The van der Waals surface area contributed by atoms with Gasteiger partial charge in [-0.15, -0.1) is 0 Å². The summed E-state index contributed by atoms with van der Waals surface area (Å²) in [6.07, 6.45) is 1.84. The summed E-state index contributed by atoms with van der Waals surface area (Å²) in [5.41, 5.74) is 7.89. The summed E-state index contributed by atoms with van der Waals surface area (Å²) in [7, 11) is 0. The van der Waals surface area contributed by atoms with Crippen LogP contribution in [0, 0.1) is 13.8 Å². The summed E-state index contributed by atoms with van der Waals surface area (Å²) in [5.74, 6) is 1.58. The van der Waals surface area contributed by atoms with Gasteiger partial charge in [-0.2, -0.15) is 0 Å². The molecule has 1 aliphatic rings. The van der Waals surface area contributed by atoms with Crippen LogP contribution in [0.25, 0.3) is 5.69 Å². The lowest BCUT2D eigenvalue weighted by Crippen LogP contribution is -2.29. The van der Waals surface area contributed by atoms with E-state index in [9.17, 15) is 0 Å². The monoisotopic (exact) mass is 587 g/mol. The van der Waals surface area contributed by atoms with Crippen LogP contribution in [-0.4, -0.2) is 27.8 Å². The molecule has 43 heavy (non-hydrogen) atoms. The Bertz CT molecular complexity index is 1680. The maximum atomic E-state index is 6.07. The number of benzene rings is 3. The minimum atomic E-state index is -0.118. The predicted molar refractivity (Wildman–Crippen MR) is 180 cm³/mol. The second kappa shape index (κ2) is 12.3. The topological polar surface area (TPSA) is 45.6 Å². The Hall–Kier alpha value is -4.62. The number of para-hydroxylation sites is 1. The SMILES string of the molecule is CCN(CC)c1ccc(-n2c(C)cc(C3C(c4ccccn4)NC(=S)N3c3ccc(Oc4ccccc4)cc3)c2C)cc1. The molecule has 1 N–H and O–H groups in total. The first-order valence-electron chi connectivity index (χ1n) is 14.9. The van der Waals surface area contributed by atoms with E-state index in [1.165, 1.54) is 22.6 Å². The summed E-state index contributed by atoms with van der Waals surface area (Å²) in [6.45, 7) is 10.7. The molecule has 0 radical (unpaired) electrons. The van der Waals surface area contributed by atoms with Gasteiger partial charge >= 0.3 is 0 Å². The lowest BCUT2D eigenvalue weighted by atomic mass is 9.96. The van der Waals surface area contributed by atoms with E-state index in [1.54, 1.807) is 0 Å². The lowest BCUT2D eigenvalue weighted by molar-refractivity contribution is 0.482. The van der Waals surface area contributed by atoms with Crippen molar-refractivity contribution in [1.82, 2.24) is 14.9 Å². The van der Waals surface area contributed by atoms with Gasteiger partial charge < -0.3 is 24.4 Å². The average Bonchev–Trinajstić information content (AvgIpc) is 3.54. The van der Waals surface area contributed by atoms with Crippen LogP contribution in [0.1, 0.15) is 48.6 Å². The van der Waals surface area contributed by atoms with E-state index in [0.29, 0.717) is 5.11 Å². The van der Waals surface area contributed by atoms with Gasteiger partial charge in [0.05, 0.1) is 17.8 Å². The number of ether oxygens (including phenoxy) is 1. The standard InChI is InChI=1S/C36H37N5OS/c1-5-39(6-2)27-15-17-28(18-16-27)40-25(3)24-32(26(40)4)35-34(33-14-10-11-23-37-33)38-36(43)41(35)29-19-21-31(22-20-29)42-30-12-8-7-9-13-30/h7-24,34-35H,5-6H2,1-4H3,(H,38,43). The zero-order valence-electron chi connectivity index (χ0n) is 25.1. The van der Waals surface area contributed by atoms with Crippen molar-refractivity contribution in [3.8, 4) is 17.2 Å². The molecule has 1 fully saturated rings. The molecule has 1 aliphatic heterocycles. The molecule has 6 nitrogen and oxygen atoms in total. The van der Waals surface area contributed by atoms with Crippen LogP contribution in [0.5, 0.6) is 11.5 Å². The van der Waals surface area contributed by atoms with E-state index in [4.69, 9.17) is 21.9 Å². The summed E-state index contributed by atoms with van der Waals surface area (Å²) in [6, 6.07) is 35.0. The second-order valence-electron chi connectivity index (χ2n) is 10.8. The van der Waals surface area contributed by atoms with Crippen LogP contribution in [0.15, 0.2) is 109 Å². The maximum Gasteiger partial charge on any atom is 0.174 e. The number of pyridine rings is 1. The molecule has 0 bridgehead atoms. The van der Waals surface area contributed by atoms with Gasteiger partial charge in [0, 0.05) is 47.7 Å². The Morgan fingerprint density at radius 3 is 2.12 bits per heavy atom. The Balaban J connectivity index is 1.39. The Kier molecular flexibility index (Phi) is 8.16. The second-order valence-corrected chi connectivity index (χ2v) is 11.1. The first-order valence-corrected chi connectivity index (χ1v) is 15.3. The van der Waals surface area contributed by atoms with Gasteiger partial charge in [0.15, 0.2) is 5.11 Å². The van der Waals surface area contributed by atoms with Crippen LogP contribution in [0.4, 0.5) is 11.4 Å². The molecular formula is C36H37N5OS. The van der Waals surface area contributed by atoms with Gasteiger partial charge in [-0.05, 0) is 124 Å². The summed E-state index contributed by atoms with van der Waals surface area (Å²) in [4.78, 5) is 9.32. The first-order chi connectivity index (χ1) is 21.0. The first kappa shape index (κ1) is 28.5. The van der Waals surface area contributed by atoms with Crippen molar-refractivity contribution in [2.45, 2.75) is 39.8 Å². The largest absolute Gasteiger partial charge is 0.457 e. The molecule has 6 rings (SSSR count). The molecule has 218 valence electrons. The quantitative estimate of drug-likeness (QED) is 0.175. The normalized spacial score (nSPS) is 16.3. The number of rotatable bonds is 9. The van der Waals surface area contributed by atoms with Crippen molar-refractivity contribution in [3.05, 3.63) is 132 Å². The molecule has 0 aliphatic carbocycles. The van der Waals surface area contributed by atoms with E-state index < -0.39 is 0 Å². The van der Waals surface area contributed by atoms with Gasteiger partial charge in [0.25, 0.3) is 0 Å². The van der Waals surface area contributed by atoms with Gasteiger partial charge in [0.1, 0.15) is 11.5 Å². The third-order valence-corrected chi connectivity index (χ3v) is 8.53. The van der Waals surface area contributed by atoms with E-state index >= 15 is 0 Å². The highest BCUT2D eigenvalue weighted by atomic mass is 32.1. The van der Waals surface area contributed by atoms with E-state index in [0.717, 1.165) is 41.7 Å². The fourth-order valence-corrected chi connectivity index (χ4v) is 6.48. The molecule has 2 atom stereocenters. The van der Waals surface area contributed by atoms with E-state index in [-0.39, 0.29) is 12.1 Å². The van der Waals surface area contributed by atoms with Gasteiger partial charge in [-0.3, -0.25) is 4.98 Å². The van der Waals surface area contributed by atoms with Crippen molar-refractivity contribution in [1.29, 1.82) is 0 Å². The third-order valence-electron chi connectivity index (χ3n) is 8.22. The van der Waals surface area contributed by atoms with Crippen LogP contribution in [0.3, 0.4) is 0 Å². The molecule has 1 saturated heterocycles. The van der Waals surface area contributed by atoms with E-state index in [2.05, 4.69) is 95.9 Å². The third kappa shape index (κ3) is 5.60. The molecule has 0 amide bonds. The Morgan fingerprint density at radius 2 is 1.47 bits per heavy atom. The summed E-state index contributed by atoms with van der Waals surface area (Å²) >= 11 is 6.00. The van der Waals surface area contributed by atoms with Gasteiger partial charge in [-0.25, -0.2) is 0 Å². The number of nitrogens with zero attached hydrogens (tertiary/aromatic N) is 4. The number of hydrogen-bond acceptors (Lipinski definition) is 4. The van der Waals surface area contributed by atoms with Crippen molar-refractivity contribution < 1.29 is 4.74 Å². The van der Waals surface area contributed by atoms with Gasteiger partial charge in [-0.1, -0.05) is 24.3 Å². The number of aryl methyl sites for hydroxylation is 1. The maximum absolute atomic E-state index is 6.07. The zero-order chi connectivity index (χ0) is 29.9. The molecule has 0 spiro atoms. The fourth-order valence-electron chi connectivity index (χ4n) is 6.13. The molecular weight excluding hydrogens is 550 g/mol. The van der Waals surface area contributed by atoms with Crippen molar-refractivity contribution >= 4 is 28.7 Å². The Labute approximate surface area is 259 Å². The number of nitrogens with one attached hydrogen (secondary N) is 1. The highest BCUT2D eigenvalue weighted by Crippen LogP contribution is 2.44. The van der Waals surface area contributed by atoms with Crippen molar-refractivity contribution in [2.24, 2.45) is 0 Å². The average molecular weight is 588 g/mol. The van der Waals surface area contributed by atoms with E-state index in [1.807, 2.05) is 60.8 Å². The minimum absolute atomic E-state index is 0.0989. The highest BCUT2D eigenvalue weighted by molar-refractivity contribution is 7.80. The van der Waals surface area contributed by atoms with Crippen LogP contribution >= 0.6 is 12.2 Å². The molecule has 3 aromatic carbocycles. The molecule has 0 saturated carbocycles. The van der Waals surface area contributed by atoms with Crippen LogP contribution in [-0.2, 0) is 0 Å². The summed E-state index contributed by atoms with van der Waals surface area (Å²) in [5, 5.41) is 4.27.